The van der Waals surface area contributed by atoms with Crippen LogP contribution in [0.15, 0.2) is 18.2 Å². The van der Waals surface area contributed by atoms with Gasteiger partial charge in [-0.15, -0.1) is 0 Å². The molecule has 0 atom stereocenters. The van der Waals surface area contributed by atoms with Crippen LogP contribution in [0.3, 0.4) is 0 Å². The van der Waals surface area contributed by atoms with Crippen LogP contribution in [0.1, 0.15) is 27.7 Å². The van der Waals surface area contributed by atoms with Gasteiger partial charge in [0.15, 0.2) is 0 Å². The van der Waals surface area contributed by atoms with Crippen molar-refractivity contribution in [1.29, 1.82) is 0 Å². The van der Waals surface area contributed by atoms with Crippen LogP contribution in [-0.2, 0) is 4.79 Å². The monoisotopic (exact) mass is 252 g/mol. The number of carbonyl (C=O) groups excluding carboxylic acids is 1. The highest BCUT2D eigenvalue weighted by molar-refractivity contribution is 6.35. The molecule has 0 unspecified atom stereocenters. The van der Waals surface area contributed by atoms with Gasteiger partial charge < -0.3 is 10.2 Å². The van der Waals surface area contributed by atoms with Gasteiger partial charge in [-0.25, -0.2) is 0 Å². The average molecular weight is 253 g/mol. The van der Waals surface area contributed by atoms with Gasteiger partial charge in [-0.1, -0.05) is 17.7 Å². The first kappa shape index (κ1) is 12.2. The molecule has 0 saturated carbocycles. The molecule has 1 heterocycles. The zero-order chi connectivity index (χ0) is 12.8. The van der Waals surface area contributed by atoms with Crippen molar-refractivity contribution in [3.63, 3.8) is 0 Å². The minimum absolute atomic E-state index is 0.0215. The summed E-state index contributed by atoms with van der Waals surface area (Å²) in [6.45, 7) is 7.99. The number of hydrogen-bond acceptors (Lipinski definition) is 2. The molecular weight excluding hydrogens is 236 g/mol. The second kappa shape index (κ2) is 3.91. The summed E-state index contributed by atoms with van der Waals surface area (Å²) in [6.07, 6.45) is 0. The Morgan fingerprint density at radius 2 is 2.00 bits per heavy atom. The van der Waals surface area contributed by atoms with Crippen molar-refractivity contribution in [3.05, 3.63) is 23.2 Å². The van der Waals surface area contributed by atoms with E-state index in [4.69, 9.17) is 11.6 Å². The second-order valence-electron chi connectivity index (χ2n) is 5.11. The van der Waals surface area contributed by atoms with Crippen LogP contribution in [0.25, 0.3) is 0 Å². The number of carbonyl (C=O) groups is 1. The molecule has 1 aromatic carbocycles. The molecule has 0 bridgehead atoms. The third kappa shape index (κ3) is 1.78. The number of hydrogen-bond donors (Lipinski definition) is 1. The maximum Gasteiger partial charge on any atom is 0.249 e. The highest BCUT2D eigenvalue weighted by Gasteiger charge is 2.41. The molecule has 17 heavy (non-hydrogen) atoms. The highest BCUT2D eigenvalue weighted by Crippen LogP contribution is 2.41. The molecule has 0 aromatic heterocycles. The molecule has 0 radical (unpaired) electrons. The van der Waals surface area contributed by atoms with Gasteiger partial charge in [0.05, 0.1) is 16.4 Å². The molecule has 0 aliphatic carbocycles. The Labute approximate surface area is 107 Å². The largest absolute Gasteiger partial charge is 0.353 e. The molecule has 3 nitrogen and oxygen atoms in total. The van der Waals surface area contributed by atoms with E-state index in [1.807, 2.05) is 26.0 Å². The lowest BCUT2D eigenvalue weighted by molar-refractivity contribution is -0.120. The Morgan fingerprint density at radius 3 is 2.59 bits per heavy atom. The van der Waals surface area contributed by atoms with E-state index < -0.39 is 5.54 Å². The van der Waals surface area contributed by atoms with E-state index in [1.165, 1.54) is 0 Å². The van der Waals surface area contributed by atoms with Crippen molar-refractivity contribution in [1.82, 2.24) is 0 Å². The van der Waals surface area contributed by atoms with Crippen molar-refractivity contribution in [3.8, 4) is 0 Å². The topological polar surface area (TPSA) is 32.3 Å². The lowest BCUT2D eigenvalue weighted by atomic mass is 9.94. The van der Waals surface area contributed by atoms with Gasteiger partial charge in [-0.05, 0) is 39.8 Å². The van der Waals surface area contributed by atoms with E-state index in [0.29, 0.717) is 10.7 Å². The number of benzene rings is 1. The molecule has 1 N–H and O–H groups in total. The Kier molecular flexibility index (Phi) is 2.82. The fourth-order valence-electron chi connectivity index (χ4n) is 2.44. The Bertz CT molecular complexity index is 468. The summed E-state index contributed by atoms with van der Waals surface area (Å²) in [5.41, 5.74) is 1.13. The maximum absolute atomic E-state index is 12.1. The van der Waals surface area contributed by atoms with Crippen molar-refractivity contribution in [2.75, 3.05) is 10.2 Å². The predicted molar refractivity (Wildman–Crippen MR) is 71.8 cm³/mol. The fourth-order valence-corrected chi connectivity index (χ4v) is 2.65. The van der Waals surface area contributed by atoms with Gasteiger partial charge >= 0.3 is 0 Å². The molecule has 0 spiro atoms. The molecule has 1 aromatic rings. The van der Waals surface area contributed by atoms with Crippen LogP contribution in [0.5, 0.6) is 0 Å². The average Bonchev–Trinajstić information content (AvgIpc) is 2.20. The SMILES string of the molecule is CC(C)N1c2cccc(Cl)c2NC(=O)C1(C)C. The van der Waals surface area contributed by atoms with Gasteiger partial charge in [0.2, 0.25) is 5.91 Å². The van der Waals surface area contributed by atoms with Crippen LogP contribution in [0.4, 0.5) is 11.4 Å². The van der Waals surface area contributed by atoms with Crippen molar-refractivity contribution < 1.29 is 4.79 Å². The number of anilines is 2. The Balaban J connectivity index is 2.64. The molecule has 4 heteroatoms. The lowest BCUT2D eigenvalue weighted by Crippen LogP contribution is -2.58. The molecule has 0 saturated heterocycles. The van der Waals surface area contributed by atoms with E-state index >= 15 is 0 Å². The van der Waals surface area contributed by atoms with Gasteiger partial charge in [-0.2, -0.15) is 0 Å². The smallest absolute Gasteiger partial charge is 0.249 e. The fraction of sp³-hybridized carbons (Fsp3) is 0.462. The van der Waals surface area contributed by atoms with E-state index in [2.05, 4.69) is 24.1 Å². The van der Waals surface area contributed by atoms with Crippen molar-refractivity contribution in [2.24, 2.45) is 0 Å². The number of para-hydroxylation sites is 1. The van der Waals surface area contributed by atoms with E-state index in [1.54, 1.807) is 6.07 Å². The summed E-state index contributed by atoms with van der Waals surface area (Å²) in [4.78, 5) is 14.2. The lowest BCUT2D eigenvalue weighted by Gasteiger charge is -2.46. The van der Waals surface area contributed by atoms with Gasteiger partial charge in [0, 0.05) is 6.04 Å². The molecule has 0 fully saturated rings. The minimum Gasteiger partial charge on any atom is -0.353 e. The zero-order valence-corrected chi connectivity index (χ0v) is 11.3. The zero-order valence-electron chi connectivity index (χ0n) is 10.5. The van der Waals surface area contributed by atoms with Gasteiger partial charge in [0.25, 0.3) is 0 Å². The Hall–Kier alpha value is -1.22. The normalized spacial score (nSPS) is 18.0. The highest BCUT2D eigenvalue weighted by atomic mass is 35.5. The second-order valence-corrected chi connectivity index (χ2v) is 5.52. The number of rotatable bonds is 1. The summed E-state index contributed by atoms with van der Waals surface area (Å²) in [6, 6.07) is 5.91. The number of nitrogens with zero attached hydrogens (tertiary/aromatic N) is 1. The van der Waals surface area contributed by atoms with Gasteiger partial charge in [-0.3, -0.25) is 4.79 Å². The number of nitrogens with one attached hydrogen (secondary N) is 1. The molecule has 1 aliphatic heterocycles. The third-order valence-corrected chi connectivity index (χ3v) is 3.48. The molecule has 1 aliphatic rings. The van der Waals surface area contributed by atoms with Gasteiger partial charge in [0.1, 0.15) is 5.54 Å². The standard InChI is InChI=1S/C13H17ClN2O/c1-8(2)16-10-7-5-6-9(14)11(10)15-12(17)13(16,3)4/h5-8H,1-4H3,(H,15,17). The number of amides is 1. The van der Waals surface area contributed by atoms with Crippen LogP contribution in [0.2, 0.25) is 5.02 Å². The predicted octanol–water partition coefficient (Wildman–Crippen LogP) is 3.29. The van der Waals surface area contributed by atoms with E-state index in [-0.39, 0.29) is 11.9 Å². The van der Waals surface area contributed by atoms with Crippen LogP contribution < -0.4 is 10.2 Å². The van der Waals surface area contributed by atoms with Crippen molar-refractivity contribution >= 4 is 28.9 Å². The quantitative estimate of drug-likeness (QED) is 0.832. The summed E-state index contributed by atoms with van der Waals surface area (Å²) >= 11 is 6.13. The Morgan fingerprint density at radius 1 is 1.35 bits per heavy atom. The molecular formula is C13H17ClN2O. The molecule has 2 rings (SSSR count). The first-order chi connectivity index (χ1) is 7.85. The first-order valence-corrected chi connectivity index (χ1v) is 6.13. The summed E-state index contributed by atoms with van der Waals surface area (Å²) in [7, 11) is 0. The molecule has 1 amide bonds. The van der Waals surface area contributed by atoms with Crippen LogP contribution in [0, 0.1) is 0 Å². The summed E-state index contributed by atoms with van der Waals surface area (Å²) < 4.78 is 0. The summed E-state index contributed by atoms with van der Waals surface area (Å²) in [5.74, 6) is -0.0215. The molecule has 92 valence electrons. The van der Waals surface area contributed by atoms with Crippen LogP contribution >= 0.6 is 11.6 Å². The van der Waals surface area contributed by atoms with E-state index in [0.717, 1.165) is 5.69 Å². The summed E-state index contributed by atoms with van der Waals surface area (Å²) in [5, 5.41) is 3.47. The first-order valence-electron chi connectivity index (χ1n) is 5.75. The van der Waals surface area contributed by atoms with Crippen molar-refractivity contribution in [2.45, 2.75) is 39.3 Å². The van der Waals surface area contributed by atoms with E-state index in [9.17, 15) is 4.79 Å². The maximum atomic E-state index is 12.1. The number of halogens is 1. The third-order valence-electron chi connectivity index (χ3n) is 3.16. The van der Waals surface area contributed by atoms with Crippen LogP contribution in [-0.4, -0.2) is 17.5 Å². The minimum atomic E-state index is -0.564. The number of fused-ring (bicyclic) bond motifs is 1.